The summed E-state index contributed by atoms with van der Waals surface area (Å²) in [5.74, 6) is -0.300. The van der Waals surface area contributed by atoms with Crippen molar-refractivity contribution in [3.63, 3.8) is 0 Å². The number of nitrogens with one attached hydrogen (secondary N) is 2. The minimum atomic E-state index is -0.304. The second-order valence-corrected chi connectivity index (χ2v) is 6.89. The number of rotatable bonds is 5. The third-order valence-corrected chi connectivity index (χ3v) is 4.86. The van der Waals surface area contributed by atoms with Crippen LogP contribution in [0.1, 0.15) is 26.7 Å². The second-order valence-electron chi connectivity index (χ2n) is 6.07. The number of carbonyl (C=O) groups excluding carboxylic acids is 2. The Kier molecular flexibility index (Phi) is 6.90. The summed E-state index contributed by atoms with van der Waals surface area (Å²) in [4.78, 5) is 26.6. The molecule has 1 fully saturated rings. The highest BCUT2D eigenvalue weighted by Gasteiger charge is 2.29. The smallest absolute Gasteiger partial charge is 0.244 e. The summed E-state index contributed by atoms with van der Waals surface area (Å²) in [5, 5.41) is 6.78. The SMILES string of the molecule is CCN(CC(=O)Nc1c(Cl)cccc1Cl)C(=O)[C@H]1CCN[C@@H](C)C1. The number of hydrogen-bond acceptors (Lipinski definition) is 3. The quantitative estimate of drug-likeness (QED) is 0.835. The average molecular weight is 372 g/mol. The van der Waals surface area contributed by atoms with Gasteiger partial charge >= 0.3 is 0 Å². The van der Waals surface area contributed by atoms with E-state index in [1.54, 1.807) is 23.1 Å². The van der Waals surface area contributed by atoms with Crippen molar-refractivity contribution in [2.75, 3.05) is 25.0 Å². The van der Waals surface area contributed by atoms with Crippen LogP contribution in [0, 0.1) is 5.92 Å². The molecule has 1 saturated heterocycles. The summed E-state index contributed by atoms with van der Waals surface area (Å²) in [5.41, 5.74) is 0.379. The zero-order valence-corrected chi connectivity index (χ0v) is 15.5. The Balaban J connectivity index is 1.99. The van der Waals surface area contributed by atoms with Gasteiger partial charge in [0.25, 0.3) is 0 Å². The number of carbonyl (C=O) groups is 2. The summed E-state index contributed by atoms with van der Waals surface area (Å²) in [7, 11) is 0. The molecule has 1 aromatic rings. The molecular weight excluding hydrogens is 349 g/mol. The van der Waals surface area contributed by atoms with Crippen molar-refractivity contribution >= 4 is 40.7 Å². The summed E-state index contributed by atoms with van der Waals surface area (Å²) < 4.78 is 0. The normalized spacial score (nSPS) is 20.5. The third-order valence-electron chi connectivity index (χ3n) is 4.23. The highest BCUT2D eigenvalue weighted by molar-refractivity contribution is 6.39. The van der Waals surface area contributed by atoms with Crippen molar-refractivity contribution < 1.29 is 9.59 Å². The number of nitrogens with zero attached hydrogens (tertiary/aromatic N) is 1. The van der Waals surface area contributed by atoms with Crippen LogP contribution < -0.4 is 10.6 Å². The molecule has 0 spiro atoms. The fourth-order valence-corrected chi connectivity index (χ4v) is 3.42. The van der Waals surface area contributed by atoms with Crippen LogP contribution in [-0.2, 0) is 9.59 Å². The van der Waals surface area contributed by atoms with Crippen LogP contribution in [0.2, 0.25) is 10.0 Å². The molecule has 0 aromatic heterocycles. The topological polar surface area (TPSA) is 61.4 Å². The number of benzene rings is 1. The molecule has 5 nitrogen and oxygen atoms in total. The average Bonchev–Trinajstić information content (AvgIpc) is 2.55. The standard InChI is InChI=1S/C17H23Cl2N3O2/c1-3-22(17(24)12-7-8-20-11(2)9-12)10-15(23)21-16-13(18)5-4-6-14(16)19/h4-6,11-12,20H,3,7-10H2,1-2H3,(H,21,23)/t11-,12-/m0/s1. The first-order valence-corrected chi connectivity index (χ1v) is 8.94. The van der Waals surface area contributed by atoms with Crippen molar-refractivity contribution in [3.8, 4) is 0 Å². The molecule has 0 aliphatic carbocycles. The van der Waals surface area contributed by atoms with Gasteiger partial charge in [0.05, 0.1) is 22.3 Å². The van der Waals surface area contributed by atoms with E-state index in [-0.39, 0.29) is 24.3 Å². The molecule has 2 atom stereocenters. The van der Waals surface area contributed by atoms with Crippen molar-refractivity contribution in [1.82, 2.24) is 10.2 Å². The summed E-state index contributed by atoms with van der Waals surface area (Å²) >= 11 is 12.1. The minimum absolute atomic E-state index is 0.00477. The lowest BCUT2D eigenvalue weighted by Gasteiger charge is -2.31. The molecule has 0 unspecified atom stereocenters. The van der Waals surface area contributed by atoms with Gasteiger partial charge in [-0.15, -0.1) is 0 Å². The van der Waals surface area contributed by atoms with E-state index in [4.69, 9.17) is 23.2 Å². The number of halogens is 2. The molecule has 1 aliphatic rings. The first-order valence-electron chi connectivity index (χ1n) is 8.18. The molecule has 7 heteroatoms. The fourth-order valence-electron chi connectivity index (χ4n) is 2.93. The van der Waals surface area contributed by atoms with E-state index in [2.05, 4.69) is 17.6 Å². The predicted molar refractivity (Wildman–Crippen MR) is 97.5 cm³/mol. The van der Waals surface area contributed by atoms with Crippen molar-refractivity contribution in [2.45, 2.75) is 32.7 Å². The second kappa shape index (κ2) is 8.70. The van der Waals surface area contributed by atoms with Crippen LogP contribution in [0.4, 0.5) is 5.69 Å². The van der Waals surface area contributed by atoms with Gasteiger partial charge in [-0.25, -0.2) is 0 Å². The largest absolute Gasteiger partial charge is 0.333 e. The van der Waals surface area contributed by atoms with Gasteiger partial charge in [-0.1, -0.05) is 29.3 Å². The summed E-state index contributed by atoms with van der Waals surface area (Å²) in [6.45, 7) is 5.26. The van der Waals surface area contributed by atoms with Gasteiger partial charge in [0.1, 0.15) is 0 Å². The van der Waals surface area contributed by atoms with Gasteiger partial charge in [0.15, 0.2) is 0 Å². The summed E-state index contributed by atoms with van der Waals surface area (Å²) in [6, 6.07) is 5.34. The van der Waals surface area contributed by atoms with E-state index in [1.165, 1.54) is 0 Å². The van der Waals surface area contributed by atoms with E-state index in [0.29, 0.717) is 28.3 Å². The molecule has 0 saturated carbocycles. The molecule has 24 heavy (non-hydrogen) atoms. The van der Waals surface area contributed by atoms with Crippen LogP contribution in [0.15, 0.2) is 18.2 Å². The Labute approximate surface area is 152 Å². The lowest BCUT2D eigenvalue weighted by atomic mass is 9.92. The third kappa shape index (κ3) is 4.85. The van der Waals surface area contributed by atoms with Crippen molar-refractivity contribution in [3.05, 3.63) is 28.2 Å². The Morgan fingerprint density at radius 3 is 2.58 bits per heavy atom. The monoisotopic (exact) mass is 371 g/mol. The number of likely N-dealkylation sites (N-methyl/N-ethyl adjacent to an activating group) is 1. The zero-order chi connectivity index (χ0) is 17.7. The highest BCUT2D eigenvalue weighted by atomic mass is 35.5. The number of para-hydroxylation sites is 1. The van der Waals surface area contributed by atoms with Crippen LogP contribution in [0.5, 0.6) is 0 Å². The number of amides is 2. The van der Waals surface area contributed by atoms with Crippen LogP contribution in [-0.4, -0.2) is 42.4 Å². The van der Waals surface area contributed by atoms with E-state index < -0.39 is 0 Å². The van der Waals surface area contributed by atoms with E-state index in [0.717, 1.165) is 19.4 Å². The van der Waals surface area contributed by atoms with E-state index >= 15 is 0 Å². The molecule has 1 aliphatic heterocycles. The molecule has 0 radical (unpaired) electrons. The van der Waals surface area contributed by atoms with Gasteiger partial charge in [-0.2, -0.15) is 0 Å². The lowest BCUT2D eigenvalue weighted by molar-refractivity contribution is -0.139. The minimum Gasteiger partial charge on any atom is -0.333 e. The van der Waals surface area contributed by atoms with Crippen molar-refractivity contribution in [2.24, 2.45) is 5.92 Å². The number of anilines is 1. The maximum atomic E-state index is 12.7. The molecule has 132 valence electrons. The Morgan fingerprint density at radius 1 is 1.33 bits per heavy atom. The zero-order valence-electron chi connectivity index (χ0n) is 13.9. The molecule has 2 N–H and O–H groups in total. The number of hydrogen-bond donors (Lipinski definition) is 2. The molecule has 0 bridgehead atoms. The van der Waals surface area contributed by atoms with Crippen LogP contribution in [0.3, 0.4) is 0 Å². The Bertz CT molecular complexity index is 589. The van der Waals surface area contributed by atoms with Gasteiger partial charge in [0.2, 0.25) is 11.8 Å². The van der Waals surface area contributed by atoms with Gasteiger partial charge in [-0.3, -0.25) is 9.59 Å². The van der Waals surface area contributed by atoms with Crippen molar-refractivity contribution in [1.29, 1.82) is 0 Å². The predicted octanol–water partition coefficient (Wildman–Crippen LogP) is 3.17. The fraction of sp³-hybridized carbons (Fsp3) is 0.529. The molecular formula is C17H23Cl2N3O2. The Morgan fingerprint density at radius 2 is 2.00 bits per heavy atom. The van der Waals surface area contributed by atoms with E-state index in [1.807, 2.05) is 6.92 Å². The first kappa shape index (κ1) is 19.0. The van der Waals surface area contributed by atoms with Crippen LogP contribution >= 0.6 is 23.2 Å². The molecule has 2 amide bonds. The highest BCUT2D eigenvalue weighted by Crippen LogP contribution is 2.29. The molecule has 2 rings (SSSR count). The lowest BCUT2D eigenvalue weighted by Crippen LogP contribution is -2.46. The first-order chi connectivity index (χ1) is 11.4. The maximum Gasteiger partial charge on any atom is 0.244 e. The summed E-state index contributed by atoms with van der Waals surface area (Å²) in [6.07, 6.45) is 1.60. The van der Waals surface area contributed by atoms with Crippen LogP contribution in [0.25, 0.3) is 0 Å². The van der Waals surface area contributed by atoms with Gasteiger partial charge < -0.3 is 15.5 Å². The Hall–Kier alpha value is -1.30. The maximum absolute atomic E-state index is 12.7. The van der Waals surface area contributed by atoms with E-state index in [9.17, 15) is 9.59 Å². The molecule has 1 aromatic carbocycles. The molecule has 1 heterocycles. The number of piperidine rings is 1. The van der Waals surface area contributed by atoms with Gasteiger partial charge in [-0.05, 0) is 45.4 Å². The van der Waals surface area contributed by atoms with Gasteiger partial charge in [0, 0.05) is 18.5 Å².